The quantitative estimate of drug-likeness (QED) is 0.364. The number of carboxylic acids is 1. The predicted octanol–water partition coefficient (Wildman–Crippen LogP) is 2.25. The predicted molar refractivity (Wildman–Crippen MR) is 58.9 cm³/mol. The van der Waals surface area contributed by atoms with Crippen molar-refractivity contribution in [2.75, 3.05) is 0 Å². The van der Waals surface area contributed by atoms with Gasteiger partial charge in [0.25, 0.3) is 5.69 Å². The van der Waals surface area contributed by atoms with Crippen molar-refractivity contribution in [3.8, 4) is 0 Å². The number of hydrogen-bond donors (Lipinski definition) is 1. The van der Waals surface area contributed by atoms with Gasteiger partial charge in [-0.3, -0.25) is 10.1 Å². The highest BCUT2D eigenvalue weighted by Crippen LogP contribution is 2.13. The lowest BCUT2D eigenvalue weighted by Gasteiger charge is -1.92. The van der Waals surface area contributed by atoms with Gasteiger partial charge in [-0.15, -0.1) is 0 Å². The average molecular weight is 219 g/mol. The molecule has 0 saturated carbocycles. The molecule has 82 valence electrons. The molecule has 0 saturated heterocycles. The van der Waals surface area contributed by atoms with Crippen molar-refractivity contribution in [1.29, 1.82) is 0 Å². The molecule has 1 N–H and O–H groups in total. The topological polar surface area (TPSA) is 80.4 Å². The molecule has 0 aliphatic rings. The van der Waals surface area contributed by atoms with Crippen LogP contribution in [-0.4, -0.2) is 16.0 Å². The third-order valence-electron chi connectivity index (χ3n) is 1.72. The van der Waals surface area contributed by atoms with Gasteiger partial charge in [-0.1, -0.05) is 30.4 Å². The summed E-state index contributed by atoms with van der Waals surface area (Å²) < 4.78 is 0. The maximum atomic E-state index is 10.5. The summed E-state index contributed by atoms with van der Waals surface area (Å²) in [5.41, 5.74) is 0.647. The lowest BCUT2D eigenvalue weighted by molar-refractivity contribution is -0.384. The summed E-state index contributed by atoms with van der Waals surface area (Å²) in [6.45, 7) is 0. The van der Waals surface area contributed by atoms with E-state index < -0.39 is 10.9 Å². The van der Waals surface area contributed by atoms with Gasteiger partial charge in [0, 0.05) is 18.2 Å². The Labute approximate surface area is 91.5 Å². The zero-order chi connectivity index (χ0) is 12.0. The molecule has 0 aliphatic heterocycles. The summed E-state index contributed by atoms with van der Waals surface area (Å²) in [6, 6.07) is 6.06. The number of hydrogen-bond acceptors (Lipinski definition) is 3. The summed E-state index contributed by atoms with van der Waals surface area (Å²) in [6.07, 6.45) is 5.43. The van der Waals surface area contributed by atoms with Crippen LogP contribution < -0.4 is 0 Å². The van der Waals surface area contributed by atoms with Gasteiger partial charge in [0.05, 0.1) is 4.92 Å². The summed E-state index contributed by atoms with van der Waals surface area (Å²) in [7, 11) is 0. The van der Waals surface area contributed by atoms with Crippen molar-refractivity contribution in [2.24, 2.45) is 0 Å². The van der Waals surface area contributed by atoms with Crippen molar-refractivity contribution in [1.82, 2.24) is 0 Å². The summed E-state index contributed by atoms with van der Waals surface area (Å²) >= 11 is 0. The maximum absolute atomic E-state index is 10.5. The van der Waals surface area contributed by atoms with E-state index in [1.54, 1.807) is 18.2 Å². The van der Waals surface area contributed by atoms with Gasteiger partial charge in [-0.2, -0.15) is 0 Å². The minimum atomic E-state index is -1.04. The molecule has 0 aliphatic carbocycles. The Morgan fingerprint density at radius 2 is 2.12 bits per heavy atom. The number of nitro groups is 1. The van der Waals surface area contributed by atoms with Crippen molar-refractivity contribution in [2.45, 2.75) is 0 Å². The van der Waals surface area contributed by atoms with Gasteiger partial charge in [-0.05, 0) is 5.56 Å². The van der Waals surface area contributed by atoms with Crippen LogP contribution in [0, 0.1) is 10.1 Å². The first-order valence-electron chi connectivity index (χ1n) is 4.42. The first-order valence-corrected chi connectivity index (χ1v) is 4.42. The first kappa shape index (κ1) is 11.6. The second-order valence-electron chi connectivity index (χ2n) is 2.91. The molecule has 0 amide bonds. The first-order chi connectivity index (χ1) is 7.59. The molecular formula is C11H9NO4. The van der Waals surface area contributed by atoms with E-state index >= 15 is 0 Å². The van der Waals surface area contributed by atoms with Crippen LogP contribution in [0.4, 0.5) is 5.69 Å². The Hall–Kier alpha value is -2.43. The molecule has 0 bridgehead atoms. The number of carboxylic acid groups (broad SMARTS) is 1. The molecule has 0 spiro atoms. The number of non-ortho nitro benzene ring substituents is 1. The van der Waals surface area contributed by atoms with Crippen molar-refractivity contribution in [3.05, 3.63) is 58.2 Å². The molecule has 5 nitrogen and oxygen atoms in total. The van der Waals surface area contributed by atoms with Crippen LogP contribution >= 0.6 is 0 Å². The minimum Gasteiger partial charge on any atom is -0.478 e. The van der Waals surface area contributed by atoms with Crippen molar-refractivity contribution >= 4 is 17.7 Å². The maximum Gasteiger partial charge on any atom is 0.328 e. The summed E-state index contributed by atoms with van der Waals surface area (Å²) in [5, 5.41) is 18.8. The van der Waals surface area contributed by atoms with Gasteiger partial charge in [0.1, 0.15) is 0 Å². The van der Waals surface area contributed by atoms with E-state index in [9.17, 15) is 14.9 Å². The normalized spacial score (nSPS) is 11.0. The van der Waals surface area contributed by atoms with Gasteiger partial charge in [0.2, 0.25) is 0 Å². The molecule has 0 atom stereocenters. The van der Waals surface area contributed by atoms with Crippen LogP contribution in [0.25, 0.3) is 6.08 Å². The van der Waals surface area contributed by atoms with E-state index in [-0.39, 0.29) is 5.69 Å². The average Bonchev–Trinajstić information content (AvgIpc) is 2.24. The van der Waals surface area contributed by atoms with Gasteiger partial charge in [-0.25, -0.2) is 4.79 Å². The summed E-state index contributed by atoms with van der Waals surface area (Å²) in [4.78, 5) is 20.1. The minimum absolute atomic E-state index is 0.00404. The monoisotopic (exact) mass is 219 g/mol. The number of nitrogens with zero attached hydrogens (tertiary/aromatic N) is 1. The number of aliphatic carboxylic acids is 1. The third kappa shape index (κ3) is 3.75. The number of benzene rings is 1. The van der Waals surface area contributed by atoms with Crippen LogP contribution in [0.5, 0.6) is 0 Å². The molecule has 0 unspecified atom stereocenters. The fourth-order valence-corrected chi connectivity index (χ4v) is 1.05. The van der Waals surface area contributed by atoms with Gasteiger partial charge >= 0.3 is 5.97 Å². The molecule has 0 heterocycles. The Morgan fingerprint density at radius 3 is 2.75 bits per heavy atom. The van der Waals surface area contributed by atoms with Crippen molar-refractivity contribution < 1.29 is 14.8 Å². The fourth-order valence-electron chi connectivity index (χ4n) is 1.05. The standard InChI is InChI=1S/C11H9NO4/c13-11(14)7-2-1-4-9-5-3-6-10(8-9)12(15)16/h1-8H,(H,13,14)/b4-1+,7-2+. The van der Waals surface area contributed by atoms with E-state index in [0.29, 0.717) is 5.56 Å². The number of nitro benzene ring substituents is 1. The number of carbonyl (C=O) groups is 1. The molecule has 16 heavy (non-hydrogen) atoms. The third-order valence-corrected chi connectivity index (χ3v) is 1.72. The fraction of sp³-hybridized carbons (Fsp3) is 0. The van der Waals surface area contributed by atoms with E-state index in [0.717, 1.165) is 6.08 Å². The molecule has 1 aromatic carbocycles. The molecule has 1 aromatic rings. The lowest BCUT2D eigenvalue weighted by atomic mass is 10.2. The largest absolute Gasteiger partial charge is 0.478 e. The van der Waals surface area contributed by atoms with Gasteiger partial charge < -0.3 is 5.11 Å². The smallest absolute Gasteiger partial charge is 0.328 e. The van der Waals surface area contributed by atoms with Crippen LogP contribution in [-0.2, 0) is 4.79 Å². The second kappa shape index (κ2) is 5.45. The molecule has 1 rings (SSSR count). The number of allylic oxidation sites excluding steroid dienone is 2. The van der Waals surface area contributed by atoms with Gasteiger partial charge in [0.15, 0.2) is 0 Å². The van der Waals surface area contributed by atoms with E-state index in [1.807, 2.05) is 0 Å². The zero-order valence-corrected chi connectivity index (χ0v) is 8.24. The zero-order valence-electron chi connectivity index (χ0n) is 8.24. The molecule has 0 radical (unpaired) electrons. The van der Waals surface area contributed by atoms with Crippen LogP contribution in [0.15, 0.2) is 42.5 Å². The number of rotatable bonds is 4. The van der Waals surface area contributed by atoms with E-state index in [2.05, 4.69) is 0 Å². The SMILES string of the molecule is O=C(O)/C=C/C=C/c1cccc([N+](=O)[O-])c1. The van der Waals surface area contributed by atoms with Crippen LogP contribution in [0.3, 0.4) is 0 Å². The second-order valence-corrected chi connectivity index (χ2v) is 2.91. The lowest BCUT2D eigenvalue weighted by Crippen LogP contribution is -1.87. The molecule has 0 fully saturated rings. The highest BCUT2D eigenvalue weighted by Gasteiger charge is 2.02. The van der Waals surface area contributed by atoms with Crippen LogP contribution in [0.2, 0.25) is 0 Å². The van der Waals surface area contributed by atoms with E-state index in [4.69, 9.17) is 5.11 Å². The Bertz CT molecular complexity index is 463. The highest BCUT2D eigenvalue weighted by molar-refractivity contribution is 5.80. The molecular weight excluding hydrogens is 210 g/mol. The molecule has 0 aromatic heterocycles. The Kier molecular flexibility index (Phi) is 3.97. The van der Waals surface area contributed by atoms with Crippen molar-refractivity contribution in [3.63, 3.8) is 0 Å². The Morgan fingerprint density at radius 1 is 1.38 bits per heavy atom. The highest BCUT2D eigenvalue weighted by atomic mass is 16.6. The molecule has 5 heteroatoms. The summed E-state index contributed by atoms with van der Waals surface area (Å²) in [5.74, 6) is -1.04. The van der Waals surface area contributed by atoms with Crippen LogP contribution in [0.1, 0.15) is 5.56 Å². The Balaban J connectivity index is 2.78. The van der Waals surface area contributed by atoms with E-state index in [1.165, 1.54) is 24.3 Å².